The molecule has 0 bridgehead atoms. The largest absolute Gasteiger partial charge is 0.480 e. The lowest BCUT2D eigenvalue weighted by molar-refractivity contribution is -0.140. The van der Waals surface area contributed by atoms with Crippen molar-refractivity contribution in [2.24, 2.45) is 5.73 Å². The monoisotopic (exact) mass is 218 g/mol. The summed E-state index contributed by atoms with van der Waals surface area (Å²) in [4.78, 5) is 10.9. The fourth-order valence-electron chi connectivity index (χ4n) is 1.48. The summed E-state index contributed by atoms with van der Waals surface area (Å²) in [6.07, 6.45) is 0. The predicted octanol–water partition coefficient (Wildman–Crippen LogP) is 1.25. The zero-order chi connectivity index (χ0) is 12.3. The first-order chi connectivity index (χ1) is 7.39. The van der Waals surface area contributed by atoms with Gasteiger partial charge in [-0.1, -0.05) is 26.0 Å². The summed E-state index contributed by atoms with van der Waals surface area (Å²) >= 11 is 0. The fraction of sp³-hybridized carbons (Fsp3) is 0.333. The van der Waals surface area contributed by atoms with Crippen molar-refractivity contribution in [1.29, 1.82) is 5.26 Å². The molecule has 0 aromatic heterocycles. The van der Waals surface area contributed by atoms with Gasteiger partial charge in [0.1, 0.15) is 6.04 Å². The molecule has 0 heterocycles. The molecular formula is C12H14N2O2. The molecule has 1 rings (SSSR count). The van der Waals surface area contributed by atoms with Crippen molar-refractivity contribution in [2.45, 2.75) is 25.3 Å². The van der Waals surface area contributed by atoms with Crippen LogP contribution < -0.4 is 5.73 Å². The molecular weight excluding hydrogens is 204 g/mol. The molecule has 0 fully saturated rings. The zero-order valence-electron chi connectivity index (χ0n) is 9.27. The van der Waals surface area contributed by atoms with E-state index < -0.39 is 17.4 Å². The van der Waals surface area contributed by atoms with Crippen LogP contribution in [0.25, 0.3) is 0 Å². The van der Waals surface area contributed by atoms with Crippen LogP contribution in [0.15, 0.2) is 24.3 Å². The molecule has 0 spiro atoms. The van der Waals surface area contributed by atoms with Crippen LogP contribution >= 0.6 is 0 Å². The van der Waals surface area contributed by atoms with Gasteiger partial charge in [0, 0.05) is 5.41 Å². The van der Waals surface area contributed by atoms with E-state index in [0.717, 1.165) is 5.56 Å². The Kier molecular flexibility index (Phi) is 3.31. The van der Waals surface area contributed by atoms with E-state index in [1.807, 2.05) is 6.07 Å². The molecule has 0 aliphatic heterocycles. The summed E-state index contributed by atoms with van der Waals surface area (Å²) in [7, 11) is 0. The Labute approximate surface area is 94.3 Å². The van der Waals surface area contributed by atoms with Crippen molar-refractivity contribution >= 4 is 5.97 Å². The minimum atomic E-state index is -1.05. The molecule has 16 heavy (non-hydrogen) atoms. The van der Waals surface area contributed by atoms with Crippen LogP contribution in [0.4, 0.5) is 0 Å². The molecule has 0 aliphatic carbocycles. The van der Waals surface area contributed by atoms with E-state index in [1.165, 1.54) is 0 Å². The average Bonchev–Trinajstić information content (AvgIpc) is 2.27. The standard InChI is InChI=1S/C12H14N2O2/c1-12(2,10(14)11(15)16)9-5-3-4-8(6-9)7-13/h3-6,10H,14H2,1-2H3,(H,15,16). The molecule has 84 valence electrons. The maximum Gasteiger partial charge on any atom is 0.321 e. The minimum Gasteiger partial charge on any atom is -0.480 e. The first-order valence-electron chi connectivity index (χ1n) is 4.88. The maximum absolute atomic E-state index is 10.9. The molecule has 1 atom stereocenters. The van der Waals surface area contributed by atoms with Gasteiger partial charge in [0.15, 0.2) is 0 Å². The number of nitriles is 1. The second-order valence-corrected chi connectivity index (χ2v) is 4.23. The molecule has 1 unspecified atom stereocenters. The number of hydrogen-bond donors (Lipinski definition) is 2. The maximum atomic E-state index is 10.9. The van der Waals surface area contributed by atoms with Crippen molar-refractivity contribution in [1.82, 2.24) is 0 Å². The van der Waals surface area contributed by atoms with Crippen LogP contribution in [0.3, 0.4) is 0 Å². The van der Waals surface area contributed by atoms with Gasteiger partial charge in [0.2, 0.25) is 0 Å². The Morgan fingerprint density at radius 2 is 2.19 bits per heavy atom. The number of carbonyl (C=O) groups is 1. The number of aliphatic carboxylic acids is 1. The molecule has 0 radical (unpaired) electrons. The van der Waals surface area contributed by atoms with Gasteiger partial charge >= 0.3 is 5.97 Å². The Balaban J connectivity index is 3.16. The van der Waals surface area contributed by atoms with E-state index in [9.17, 15) is 4.79 Å². The Morgan fingerprint density at radius 1 is 1.56 bits per heavy atom. The van der Waals surface area contributed by atoms with Crippen molar-refractivity contribution in [3.63, 3.8) is 0 Å². The summed E-state index contributed by atoms with van der Waals surface area (Å²) in [6.45, 7) is 3.50. The molecule has 1 aromatic rings. The summed E-state index contributed by atoms with van der Waals surface area (Å²) < 4.78 is 0. The molecule has 0 saturated heterocycles. The summed E-state index contributed by atoms with van der Waals surface area (Å²) in [5.41, 5.74) is 6.18. The highest BCUT2D eigenvalue weighted by atomic mass is 16.4. The lowest BCUT2D eigenvalue weighted by atomic mass is 9.77. The van der Waals surface area contributed by atoms with E-state index in [2.05, 4.69) is 0 Å². The smallest absolute Gasteiger partial charge is 0.321 e. The van der Waals surface area contributed by atoms with Crippen molar-refractivity contribution in [2.75, 3.05) is 0 Å². The third-order valence-electron chi connectivity index (χ3n) is 2.78. The molecule has 1 aromatic carbocycles. The van der Waals surface area contributed by atoms with E-state index in [0.29, 0.717) is 5.56 Å². The number of rotatable bonds is 3. The van der Waals surface area contributed by atoms with E-state index in [4.69, 9.17) is 16.1 Å². The van der Waals surface area contributed by atoms with Crippen molar-refractivity contribution < 1.29 is 9.90 Å². The van der Waals surface area contributed by atoms with Gasteiger partial charge in [0.25, 0.3) is 0 Å². The number of carboxylic acid groups (broad SMARTS) is 1. The topological polar surface area (TPSA) is 87.1 Å². The van der Waals surface area contributed by atoms with Crippen LogP contribution in [0.5, 0.6) is 0 Å². The number of hydrogen-bond acceptors (Lipinski definition) is 3. The van der Waals surface area contributed by atoms with E-state index in [1.54, 1.807) is 38.1 Å². The van der Waals surface area contributed by atoms with Crippen LogP contribution in [-0.4, -0.2) is 17.1 Å². The minimum absolute atomic E-state index is 0.503. The molecule has 3 N–H and O–H groups in total. The van der Waals surface area contributed by atoms with Crippen LogP contribution in [0.2, 0.25) is 0 Å². The number of nitrogens with zero attached hydrogens (tertiary/aromatic N) is 1. The van der Waals surface area contributed by atoms with Crippen LogP contribution in [-0.2, 0) is 10.2 Å². The average molecular weight is 218 g/mol. The molecule has 0 amide bonds. The number of nitrogens with two attached hydrogens (primary N) is 1. The zero-order valence-corrected chi connectivity index (χ0v) is 9.27. The van der Waals surface area contributed by atoms with Crippen LogP contribution in [0, 0.1) is 11.3 Å². The highest BCUT2D eigenvalue weighted by Gasteiger charge is 2.33. The first kappa shape index (κ1) is 12.2. The Bertz CT molecular complexity index is 447. The molecule has 0 aliphatic rings. The quantitative estimate of drug-likeness (QED) is 0.799. The van der Waals surface area contributed by atoms with Gasteiger partial charge in [-0.25, -0.2) is 0 Å². The number of carboxylic acids is 1. The Hall–Kier alpha value is -1.86. The number of benzene rings is 1. The van der Waals surface area contributed by atoms with Gasteiger partial charge in [-0.3, -0.25) is 4.79 Å². The molecule has 4 nitrogen and oxygen atoms in total. The van der Waals surface area contributed by atoms with Gasteiger partial charge in [-0.05, 0) is 17.7 Å². The predicted molar refractivity (Wildman–Crippen MR) is 59.8 cm³/mol. The Morgan fingerprint density at radius 3 is 2.69 bits per heavy atom. The lowest BCUT2D eigenvalue weighted by Crippen LogP contribution is -2.46. The lowest BCUT2D eigenvalue weighted by Gasteiger charge is -2.29. The highest BCUT2D eigenvalue weighted by Crippen LogP contribution is 2.26. The summed E-state index contributed by atoms with van der Waals surface area (Å²) in [6, 6.07) is 7.87. The third-order valence-corrected chi connectivity index (χ3v) is 2.78. The summed E-state index contributed by atoms with van der Waals surface area (Å²) in [5.74, 6) is -1.05. The van der Waals surface area contributed by atoms with Crippen molar-refractivity contribution in [3.8, 4) is 6.07 Å². The van der Waals surface area contributed by atoms with Gasteiger partial charge in [-0.2, -0.15) is 5.26 Å². The van der Waals surface area contributed by atoms with Gasteiger partial charge < -0.3 is 10.8 Å². The van der Waals surface area contributed by atoms with E-state index in [-0.39, 0.29) is 0 Å². The normalized spacial score (nSPS) is 12.9. The second kappa shape index (κ2) is 4.33. The van der Waals surface area contributed by atoms with Crippen LogP contribution in [0.1, 0.15) is 25.0 Å². The summed E-state index contributed by atoms with van der Waals surface area (Å²) in [5, 5.41) is 17.7. The highest BCUT2D eigenvalue weighted by molar-refractivity contribution is 5.75. The van der Waals surface area contributed by atoms with Crippen molar-refractivity contribution in [3.05, 3.63) is 35.4 Å². The van der Waals surface area contributed by atoms with Gasteiger partial charge in [-0.15, -0.1) is 0 Å². The first-order valence-corrected chi connectivity index (χ1v) is 4.88. The SMILES string of the molecule is CC(C)(c1cccc(C#N)c1)C(N)C(=O)O. The molecule has 0 saturated carbocycles. The van der Waals surface area contributed by atoms with Gasteiger partial charge in [0.05, 0.1) is 11.6 Å². The fourth-order valence-corrected chi connectivity index (χ4v) is 1.48. The molecule has 4 heteroatoms. The van der Waals surface area contributed by atoms with E-state index >= 15 is 0 Å². The second-order valence-electron chi connectivity index (χ2n) is 4.23. The third kappa shape index (κ3) is 2.20.